The van der Waals surface area contributed by atoms with Crippen LogP contribution in [0.3, 0.4) is 0 Å². The Morgan fingerprint density at radius 1 is 1.33 bits per heavy atom. The van der Waals surface area contributed by atoms with Gasteiger partial charge in [-0.3, -0.25) is 0 Å². The summed E-state index contributed by atoms with van der Waals surface area (Å²) in [7, 11) is -1.89. The molecule has 5 nitrogen and oxygen atoms in total. The summed E-state index contributed by atoms with van der Waals surface area (Å²) in [5.74, 6) is 0.643. The summed E-state index contributed by atoms with van der Waals surface area (Å²) in [6.07, 6.45) is 0. The molecular formula is C12H17NO4S. The van der Waals surface area contributed by atoms with Crippen molar-refractivity contribution in [3.63, 3.8) is 0 Å². The van der Waals surface area contributed by atoms with Gasteiger partial charge in [0.1, 0.15) is 5.75 Å². The third-order valence-corrected chi connectivity index (χ3v) is 5.00. The highest BCUT2D eigenvalue weighted by molar-refractivity contribution is 7.89. The van der Waals surface area contributed by atoms with Gasteiger partial charge in [-0.05, 0) is 31.2 Å². The fourth-order valence-corrected chi connectivity index (χ4v) is 3.55. The van der Waals surface area contributed by atoms with E-state index >= 15 is 0 Å². The van der Waals surface area contributed by atoms with Crippen molar-refractivity contribution in [2.75, 3.05) is 26.9 Å². The monoisotopic (exact) mass is 271 g/mol. The highest BCUT2D eigenvalue weighted by Gasteiger charge is 2.31. The molecule has 1 aromatic carbocycles. The summed E-state index contributed by atoms with van der Waals surface area (Å²) in [5, 5.41) is 0. The fourth-order valence-electron chi connectivity index (χ4n) is 1.95. The Hall–Kier alpha value is -1.11. The van der Waals surface area contributed by atoms with Gasteiger partial charge in [0.2, 0.25) is 10.0 Å². The van der Waals surface area contributed by atoms with E-state index in [4.69, 9.17) is 9.47 Å². The van der Waals surface area contributed by atoms with Gasteiger partial charge in [-0.2, -0.15) is 4.31 Å². The molecule has 100 valence electrons. The third-order valence-electron chi connectivity index (χ3n) is 2.97. The number of methoxy groups -OCH3 is 1. The first-order valence-electron chi connectivity index (χ1n) is 5.79. The van der Waals surface area contributed by atoms with Gasteiger partial charge in [0.05, 0.1) is 25.2 Å². The Morgan fingerprint density at radius 2 is 2.00 bits per heavy atom. The van der Waals surface area contributed by atoms with Crippen LogP contribution in [-0.4, -0.2) is 45.6 Å². The fraction of sp³-hybridized carbons (Fsp3) is 0.500. The Balaban J connectivity index is 2.28. The summed E-state index contributed by atoms with van der Waals surface area (Å²) < 4.78 is 36.6. The SMILES string of the molecule is COc1ccc(S(=O)(=O)N2CCOCC2C)cc1. The standard InChI is InChI=1S/C12H17NO4S/c1-10-9-17-8-7-13(10)18(14,15)12-5-3-11(16-2)4-6-12/h3-6,10H,7-9H2,1-2H3. The number of morpholine rings is 1. The van der Waals surface area contributed by atoms with E-state index in [1.165, 1.54) is 4.31 Å². The average molecular weight is 271 g/mol. The number of hydrogen-bond donors (Lipinski definition) is 0. The van der Waals surface area contributed by atoms with E-state index in [0.29, 0.717) is 25.5 Å². The van der Waals surface area contributed by atoms with Crippen LogP contribution in [0.4, 0.5) is 0 Å². The van der Waals surface area contributed by atoms with Crippen molar-refractivity contribution >= 4 is 10.0 Å². The maximum atomic E-state index is 12.4. The van der Waals surface area contributed by atoms with Crippen LogP contribution in [0.1, 0.15) is 6.92 Å². The van der Waals surface area contributed by atoms with Crippen LogP contribution >= 0.6 is 0 Å². The molecule has 0 saturated carbocycles. The molecule has 1 saturated heterocycles. The van der Waals surface area contributed by atoms with E-state index in [0.717, 1.165) is 0 Å². The van der Waals surface area contributed by atoms with Crippen LogP contribution in [0.5, 0.6) is 5.75 Å². The minimum Gasteiger partial charge on any atom is -0.497 e. The molecule has 1 unspecified atom stereocenters. The first kappa shape index (κ1) is 13.3. The number of rotatable bonds is 3. The molecule has 0 aliphatic carbocycles. The Labute approximate surface area is 107 Å². The summed E-state index contributed by atoms with van der Waals surface area (Å²) in [6.45, 7) is 3.13. The normalized spacial score (nSPS) is 21.8. The van der Waals surface area contributed by atoms with E-state index in [2.05, 4.69) is 0 Å². The van der Waals surface area contributed by atoms with Crippen molar-refractivity contribution in [2.45, 2.75) is 17.9 Å². The molecule has 1 aliphatic heterocycles. The van der Waals surface area contributed by atoms with Crippen molar-refractivity contribution < 1.29 is 17.9 Å². The Morgan fingerprint density at radius 3 is 2.56 bits per heavy atom. The van der Waals surface area contributed by atoms with Crippen LogP contribution in [0.2, 0.25) is 0 Å². The zero-order valence-electron chi connectivity index (χ0n) is 10.5. The molecule has 2 rings (SSSR count). The summed E-state index contributed by atoms with van der Waals surface area (Å²) in [6, 6.07) is 6.30. The summed E-state index contributed by atoms with van der Waals surface area (Å²) in [4.78, 5) is 0.289. The first-order valence-corrected chi connectivity index (χ1v) is 7.23. The Kier molecular flexibility index (Phi) is 3.89. The average Bonchev–Trinajstić information content (AvgIpc) is 2.39. The molecule has 1 atom stereocenters. The predicted octanol–water partition coefficient (Wildman–Crippen LogP) is 1.10. The smallest absolute Gasteiger partial charge is 0.243 e. The maximum Gasteiger partial charge on any atom is 0.243 e. The Bertz CT molecular complexity index is 497. The summed E-state index contributed by atoms with van der Waals surface area (Å²) in [5.41, 5.74) is 0. The molecular weight excluding hydrogens is 254 g/mol. The molecule has 1 heterocycles. The second-order valence-electron chi connectivity index (χ2n) is 4.22. The highest BCUT2D eigenvalue weighted by atomic mass is 32.2. The van der Waals surface area contributed by atoms with Crippen LogP contribution < -0.4 is 4.74 Å². The van der Waals surface area contributed by atoms with Crippen molar-refractivity contribution in [3.05, 3.63) is 24.3 Å². The number of ether oxygens (including phenoxy) is 2. The van der Waals surface area contributed by atoms with Crippen LogP contribution in [-0.2, 0) is 14.8 Å². The number of benzene rings is 1. The van der Waals surface area contributed by atoms with E-state index in [1.54, 1.807) is 31.4 Å². The van der Waals surface area contributed by atoms with E-state index in [1.807, 2.05) is 6.92 Å². The molecule has 0 radical (unpaired) electrons. The van der Waals surface area contributed by atoms with Crippen molar-refractivity contribution in [3.8, 4) is 5.75 Å². The third kappa shape index (κ3) is 2.50. The largest absolute Gasteiger partial charge is 0.497 e. The molecule has 0 spiro atoms. The lowest BCUT2D eigenvalue weighted by Crippen LogP contribution is -2.46. The lowest BCUT2D eigenvalue weighted by Gasteiger charge is -2.32. The van der Waals surface area contributed by atoms with Crippen LogP contribution in [0, 0.1) is 0 Å². The minimum atomic E-state index is -3.44. The van der Waals surface area contributed by atoms with Gasteiger partial charge in [-0.1, -0.05) is 0 Å². The van der Waals surface area contributed by atoms with Gasteiger partial charge in [0, 0.05) is 12.6 Å². The zero-order valence-corrected chi connectivity index (χ0v) is 11.3. The van der Waals surface area contributed by atoms with Gasteiger partial charge in [0.15, 0.2) is 0 Å². The van der Waals surface area contributed by atoms with E-state index in [-0.39, 0.29) is 10.9 Å². The predicted molar refractivity (Wildman–Crippen MR) is 67.2 cm³/mol. The number of sulfonamides is 1. The topological polar surface area (TPSA) is 55.8 Å². The minimum absolute atomic E-state index is 0.133. The summed E-state index contributed by atoms with van der Waals surface area (Å²) >= 11 is 0. The molecule has 1 fully saturated rings. The number of nitrogens with zero attached hydrogens (tertiary/aromatic N) is 1. The maximum absolute atomic E-state index is 12.4. The molecule has 0 amide bonds. The van der Waals surface area contributed by atoms with E-state index < -0.39 is 10.0 Å². The lowest BCUT2D eigenvalue weighted by atomic mass is 10.3. The second kappa shape index (κ2) is 5.26. The molecule has 6 heteroatoms. The number of hydrogen-bond acceptors (Lipinski definition) is 4. The van der Waals surface area contributed by atoms with Gasteiger partial charge >= 0.3 is 0 Å². The van der Waals surface area contributed by atoms with Gasteiger partial charge in [-0.25, -0.2) is 8.42 Å². The molecule has 0 bridgehead atoms. The van der Waals surface area contributed by atoms with Gasteiger partial charge < -0.3 is 9.47 Å². The van der Waals surface area contributed by atoms with Crippen LogP contribution in [0.15, 0.2) is 29.2 Å². The molecule has 0 N–H and O–H groups in total. The van der Waals surface area contributed by atoms with Crippen molar-refractivity contribution in [2.24, 2.45) is 0 Å². The highest BCUT2D eigenvalue weighted by Crippen LogP contribution is 2.22. The molecule has 0 aromatic heterocycles. The molecule has 1 aromatic rings. The van der Waals surface area contributed by atoms with Gasteiger partial charge in [0.25, 0.3) is 0 Å². The second-order valence-corrected chi connectivity index (χ2v) is 6.11. The molecule has 1 aliphatic rings. The van der Waals surface area contributed by atoms with Crippen molar-refractivity contribution in [1.29, 1.82) is 0 Å². The van der Waals surface area contributed by atoms with Gasteiger partial charge in [-0.15, -0.1) is 0 Å². The van der Waals surface area contributed by atoms with Crippen LogP contribution in [0.25, 0.3) is 0 Å². The first-order chi connectivity index (χ1) is 8.55. The quantitative estimate of drug-likeness (QED) is 0.826. The zero-order chi connectivity index (χ0) is 13.2. The van der Waals surface area contributed by atoms with E-state index in [9.17, 15) is 8.42 Å². The van der Waals surface area contributed by atoms with Crippen molar-refractivity contribution in [1.82, 2.24) is 4.31 Å². The molecule has 18 heavy (non-hydrogen) atoms. The lowest BCUT2D eigenvalue weighted by molar-refractivity contribution is 0.0393.